The van der Waals surface area contributed by atoms with Gasteiger partial charge in [-0.25, -0.2) is 4.79 Å². The average molecular weight is 301 g/mol. The normalized spacial score (nSPS) is 11.7. The Balaban J connectivity index is 2.37. The van der Waals surface area contributed by atoms with E-state index in [9.17, 15) is 9.59 Å². The number of benzene rings is 2. The first kappa shape index (κ1) is 15.1. The van der Waals surface area contributed by atoms with Crippen molar-refractivity contribution in [3.63, 3.8) is 0 Å². The highest BCUT2D eigenvalue weighted by molar-refractivity contribution is 7.99. The number of hydrogen-bond donors (Lipinski definition) is 1. The molecule has 0 aliphatic heterocycles. The van der Waals surface area contributed by atoms with E-state index >= 15 is 0 Å². The summed E-state index contributed by atoms with van der Waals surface area (Å²) in [5.41, 5.74) is 7.00. The van der Waals surface area contributed by atoms with E-state index in [4.69, 9.17) is 10.5 Å². The standard InChI is InChI=1S/C16H15NO3S/c1-11(20-16(17)19)21-15-9-5-4-8-14(15)13-7-3-2-6-12(13)10-18/h2-11H,1H3,(H2,17,19). The smallest absolute Gasteiger partial charge is 0.405 e. The van der Waals surface area contributed by atoms with Gasteiger partial charge in [-0.05, 0) is 24.1 Å². The topological polar surface area (TPSA) is 69.4 Å². The Morgan fingerprint density at radius 2 is 1.76 bits per heavy atom. The second-order valence-corrected chi connectivity index (χ2v) is 5.66. The largest absolute Gasteiger partial charge is 0.435 e. The molecule has 0 aromatic heterocycles. The van der Waals surface area contributed by atoms with Crippen LogP contribution < -0.4 is 5.73 Å². The lowest BCUT2D eigenvalue weighted by Crippen LogP contribution is -2.17. The van der Waals surface area contributed by atoms with E-state index in [1.54, 1.807) is 13.0 Å². The van der Waals surface area contributed by atoms with E-state index in [0.717, 1.165) is 22.3 Å². The monoisotopic (exact) mass is 301 g/mol. The van der Waals surface area contributed by atoms with Crippen LogP contribution >= 0.6 is 11.8 Å². The maximum Gasteiger partial charge on any atom is 0.405 e. The zero-order chi connectivity index (χ0) is 15.2. The molecule has 0 fully saturated rings. The number of carbonyl (C=O) groups excluding carboxylic acids is 2. The van der Waals surface area contributed by atoms with Gasteiger partial charge in [0.05, 0.1) is 0 Å². The Morgan fingerprint density at radius 1 is 1.14 bits per heavy atom. The first-order chi connectivity index (χ1) is 10.1. The molecule has 108 valence electrons. The summed E-state index contributed by atoms with van der Waals surface area (Å²) in [6.45, 7) is 1.75. The van der Waals surface area contributed by atoms with E-state index in [0.29, 0.717) is 5.56 Å². The molecule has 0 radical (unpaired) electrons. The fourth-order valence-corrected chi connectivity index (χ4v) is 2.97. The summed E-state index contributed by atoms with van der Waals surface area (Å²) >= 11 is 1.37. The van der Waals surface area contributed by atoms with Crippen molar-refractivity contribution in [2.24, 2.45) is 5.73 Å². The number of nitrogens with two attached hydrogens (primary N) is 1. The van der Waals surface area contributed by atoms with Crippen LogP contribution in [0.1, 0.15) is 17.3 Å². The summed E-state index contributed by atoms with van der Waals surface area (Å²) in [4.78, 5) is 22.9. The van der Waals surface area contributed by atoms with Crippen LogP contribution in [0.25, 0.3) is 11.1 Å². The molecule has 21 heavy (non-hydrogen) atoms. The highest BCUT2D eigenvalue weighted by Gasteiger charge is 2.13. The molecule has 1 amide bonds. The van der Waals surface area contributed by atoms with Gasteiger partial charge in [0.1, 0.15) is 0 Å². The zero-order valence-electron chi connectivity index (χ0n) is 11.5. The summed E-state index contributed by atoms with van der Waals surface area (Å²) in [5, 5.41) is 0. The molecular formula is C16H15NO3S. The molecule has 0 saturated heterocycles. The quantitative estimate of drug-likeness (QED) is 0.519. The minimum Gasteiger partial charge on any atom is -0.435 e. The van der Waals surface area contributed by atoms with E-state index in [-0.39, 0.29) is 0 Å². The van der Waals surface area contributed by atoms with Gasteiger partial charge in [0.2, 0.25) is 0 Å². The lowest BCUT2D eigenvalue weighted by Gasteiger charge is -2.15. The van der Waals surface area contributed by atoms with E-state index in [1.165, 1.54) is 11.8 Å². The third kappa shape index (κ3) is 3.86. The van der Waals surface area contributed by atoms with Gasteiger partial charge in [-0.15, -0.1) is 0 Å². The summed E-state index contributed by atoms with van der Waals surface area (Å²) < 4.78 is 4.93. The number of carbonyl (C=O) groups is 2. The van der Waals surface area contributed by atoms with Gasteiger partial charge in [-0.2, -0.15) is 0 Å². The zero-order valence-corrected chi connectivity index (χ0v) is 12.3. The summed E-state index contributed by atoms with van der Waals surface area (Å²) in [7, 11) is 0. The predicted octanol–water partition coefficient (Wildman–Crippen LogP) is 3.70. The molecule has 2 rings (SSSR count). The molecular weight excluding hydrogens is 286 g/mol. The first-order valence-corrected chi connectivity index (χ1v) is 7.26. The highest BCUT2D eigenvalue weighted by atomic mass is 32.2. The Hall–Kier alpha value is -2.27. The summed E-state index contributed by atoms with van der Waals surface area (Å²) in [6, 6.07) is 15.0. The number of ether oxygens (including phenoxy) is 1. The maximum atomic E-state index is 11.2. The first-order valence-electron chi connectivity index (χ1n) is 6.38. The minimum atomic E-state index is -0.805. The second kappa shape index (κ2) is 6.95. The molecule has 0 aliphatic rings. The van der Waals surface area contributed by atoms with Gasteiger partial charge in [0.25, 0.3) is 0 Å². The molecule has 4 nitrogen and oxygen atoms in total. The summed E-state index contributed by atoms with van der Waals surface area (Å²) in [6.07, 6.45) is 0.0286. The van der Waals surface area contributed by atoms with Crippen LogP contribution in [0.5, 0.6) is 0 Å². The van der Waals surface area contributed by atoms with Crippen molar-refractivity contribution in [2.45, 2.75) is 17.3 Å². The van der Waals surface area contributed by atoms with Crippen LogP contribution in [0, 0.1) is 0 Å². The molecule has 1 unspecified atom stereocenters. The molecule has 2 N–H and O–H groups in total. The fraction of sp³-hybridized carbons (Fsp3) is 0.125. The van der Waals surface area contributed by atoms with Crippen LogP contribution in [0.15, 0.2) is 53.4 Å². The molecule has 0 aliphatic carbocycles. The van der Waals surface area contributed by atoms with Crippen LogP contribution in [-0.2, 0) is 4.74 Å². The SMILES string of the molecule is CC(OC(N)=O)Sc1ccccc1-c1ccccc1C=O. The van der Waals surface area contributed by atoms with E-state index < -0.39 is 11.5 Å². The molecule has 0 saturated carbocycles. The molecule has 0 heterocycles. The lowest BCUT2D eigenvalue weighted by atomic mass is 10.0. The van der Waals surface area contributed by atoms with Gasteiger partial charge >= 0.3 is 6.09 Å². The maximum absolute atomic E-state index is 11.2. The minimum absolute atomic E-state index is 0.410. The van der Waals surface area contributed by atoms with Gasteiger partial charge < -0.3 is 10.5 Å². The molecule has 2 aromatic carbocycles. The molecule has 5 heteroatoms. The fourth-order valence-electron chi connectivity index (χ4n) is 2.00. The van der Waals surface area contributed by atoms with Gasteiger partial charge in [0, 0.05) is 10.5 Å². The van der Waals surface area contributed by atoms with Gasteiger partial charge in [-0.1, -0.05) is 54.2 Å². The molecule has 0 spiro atoms. The number of hydrogen-bond acceptors (Lipinski definition) is 4. The Labute approximate surface area is 127 Å². The lowest BCUT2D eigenvalue weighted by molar-refractivity contribution is 0.112. The van der Waals surface area contributed by atoms with Crippen LogP contribution in [0.2, 0.25) is 0 Å². The average Bonchev–Trinajstić information content (AvgIpc) is 2.47. The van der Waals surface area contributed by atoms with Crippen molar-refractivity contribution < 1.29 is 14.3 Å². The number of aldehydes is 1. The molecule has 1 atom stereocenters. The van der Waals surface area contributed by atoms with Crippen molar-refractivity contribution in [3.8, 4) is 11.1 Å². The second-order valence-electron chi connectivity index (χ2n) is 4.32. The third-order valence-corrected chi connectivity index (χ3v) is 3.88. The molecule has 2 aromatic rings. The van der Waals surface area contributed by atoms with Crippen LogP contribution in [-0.4, -0.2) is 17.8 Å². The molecule has 0 bridgehead atoms. The highest BCUT2D eigenvalue weighted by Crippen LogP contribution is 2.35. The van der Waals surface area contributed by atoms with Crippen molar-refractivity contribution >= 4 is 24.1 Å². The van der Waals surface area contributed by atoms with Crippen molar-refractivity contribution in [2.75, 3.05) is 0 Å². The Bertz CT molecular complexity index is 657. The number of thioether (sulfide) groups is 1. The number of primary amides is 1. The van der Waals surface area contributed by atoms with Gasteiger partial charge in [-0.3, -0.25) is 4.79 Å². The van der Waals surface area contributed by atoms with Crippen LogP contribution in [0.4, 0.5) is 4.79 Å². The number of rotatable bonds is 5. The van der Waals surface area contributed by atoms with Gasteiger partial charge in [0.15, 0.2) is 11.7 Å². The van der Waals surface area contributed by atoms with E-state index in [2.05, 4.69) is 0 Å². The van der Waals surface area contributed by atoms with Crippen LogP contribution in [0.3, 0.4) is 0 Å². The predicted molar refractivity (Wildman–Crippen MR) is 83.3 cm³/mol. The summed E-state index contributed by atoms with van der Waals surface area (Å²) in [5.74, 6) is 0. The van der Waals surface area contributed by atoms with Crippen molar-refractivity contribution in [3.05, 3.63) is 54.1 Å². The number of amides is 1. The Morgan fingerprint density at radius 3 is 2.43 bits per heavy atom. The van der Waals surface area contributed by atoms with Crippen molar-refractivity contribution in [1.82, 2.24) is 0 Å². The van der Waals surface area contributed by atoms with E-state index in [1.807, 2.05) is 42.5 Å². The van der Waals surface area contributed by atoms with Crippen molar-refractivity contribution in [1.29, 1.82) is 0 Å². The Kier molecular flexibility index (Phi) is 5.00. The third-order valence-electron chi connectivity index (χ3n) is 2.84.